The zero-order chi connectivity index (χ0) is 25.7. The normalized spacial score (nSPS) is 17.8. The van der Waals surface area contributed by atoms with Gasteiger partial charge in [-0.05, 0) is 42.7 Å². The quantitative estimate of drug-likeness (QED) is 0.367. The highest BCUT2D eigenvalue weighted by Gasteiger charge is 2.43. The van der Waals surface area contributed by atoms with Crippen LogP contribution in [0, 0.1) is 6.92 Å². The lowest BCUT2D eigenvalue weighted by Crippen LogP contribution is -2.39. The number of ether oxygens (including phenoxy) is 1. The number of oxazole rings is 1. The van der Waals surface area contributed by atoms with Crippen molar-refractivity contribution >= 4 is 11.6 Å². The van der Waals surface area contributed by atoms with Crippen LogP contribution in [0.25, 0.3) is 22.7 Å². The van der Waals surface area contributed by atoms with Crippen LogP contribution < -0.4 is 4.74 Å². The van der Waals surface area contributed by atoms with Crippen molar-refractivity contribution in [2.24, 2.45) is 0 Å². The Morgan fingerprint density at radius 3 is 2.67 bits per heavy atom. The minimum absolute atomic E-state index is 0.287. The van der Waals surface area contributed by atoms with Crippen molar-refractivity contribution in [3.8, 4) is 28.5 Å². The number of benzene rings is 2. The third-order valence-corrected chi connectivity index (χ3v) is 6.93. The van der Waals surface area contributed by atoms with Crippen molar-refractivity contribution in [3.05, 3.63) is 70.5 Å². The molecule has 1 N–H and O–H groups in total. The molecule has 1 unspecified atom stereocenters. The highest BCUT2D eigenvalue weighted by atomic mass is 35.5. The molecule has 188 valence electrons. The standard InChI is InChI=1S/C25H22ClF3N4O3/c1-14-30-12-21(36-14)17-6-4-15(10-20(17)35-2)22-31-32-23-24(13-34,8-3-9-33(22)23)16-5-7-19(26)18(11-16)25(27,28)29/h4-7,10-12,34H,3,8-9,13H2,1-2H3. The lowest BCUT2D eigenvalue weighted by Gasteiger charge is -2.36. The molecular formula is C25H22ClF3N4O3. The van der Waals surface area contributed by atoms with Crippen LogP contribution in [0.5, 0.6) is 5.75 Å². The molecule has 5 rings (SSSR count). The molecule has 2 aromatic carbocycles. The molecule has 2 aromatic heterocycles. The van der Waals surface area contributed by atoms with Gasteiger partial charge in [0.1, 0.15) is 11.6 Å². The topological polar surface area (TPSA) is 86.2 Å². The summed E-state index contributed by atoms with van der Waals surface area (Å²) >= 11 is 5.84. The first-order chi connectivity index (χ1) is 17.2. The number of hydrogen-bond acceptors (Lipinski definition) is 6. The van der Waals surface area contributed by atoms with Gasteiger partial charge in [0.05, 0.1) is 41.5 Å². The molecule has 0 fully saturated rings. The lowest BCUT2D eigenvalue weighted by atomic mass is 9.74. The summed E-state index contributed by atoms with van der Waals surface area (Å²) in [4.78, 5) is 4.13. The van der Waals surface area contributed by atoms with E-state index in [2.05, 4.69) is 15.2 Å². The number of nitrogens with zero attached hydrogens (tertiary/aromatic N) is 4. The molecule has 11 heteroatoms. The van der Waals surface area contributed by atoms with Gasteiger partial charge >= 0.3 is 6.18 Å². The smallest absolute Gasteiger partial charge is 0.417 e. The molecule has 0 aliphatic carbocycles. The van der Waals surface area contributed by atoms with Crippen molar-refractivity contribution in [2.75, 3.05) is 13.7 Å². The van der Waals surface area contributed by atoms with Gasteiger partial charge in [-0.3, -0.25) is 0 Å². The second-order valence-corrected chi connectivity index (χ2v) is 9.10. The summed E-state index contributed by atoms with van der Waals surface area (Å²) in [5, 5.41) is 18.8. The number of halogens is 4. The lowest BCUT2D eigenvalue weighted by molar-refractivity contribution is -0.137. The van der Waals surface area contributed by atoms with Crippen LogP contribution in [0.15, 0.2) is 47.0 Å². The highest BCUT2D eigenvalue weighted by Crippen LogP contribution is 2.44. The van der Waals surface area contributed by atoms with Gasteiger partial charge < -0.3 is 18.8 Å². The molecular weight excluding hydrogens is 497 g/mol. The maximum Gasteiger partial charge on any atom is 0.417 e. The van der Waals surface area contributed by atoms with Crippen LogP contribution >= 0.6 is 11.6 Å². The first kappa shape index (κ1) is 24.3. The summed E-state index contributed by atoms with van der Waals surface area (Å²) in [7, 11) is 1.54. The average Bonchev–Trinajstić information content (AvgIpc) is 3.49. The highest BCUT2D eigenvalue weighted by molar-refractivity contribution is 6.31. The maximum absolute atomic E-state index is 13.6. The molecule has 1 aliphatic heterocycles. The van der Waals surface area contributed by atoms with Gasteiger partial charge in [-0.2, -0.15) is 13.2 Å². The van der Waals surface area contributed by atoms with E-state index in [1.54, 1.807) is 26.3 Å². The zero-order valence-corrected chi connectivity index (χ0v) is 20.2. The Hall–Kier alpha value is -3.37. The van der Waals surface area contributed by atoms with Crippen molar-refractivity contribution in [2.45, 2.75) is 37.9 Å². The number of aliphatic hydroxyl groups excluding tert-OH is 1. The predicted molar refractivity (Wildman–Crippen MR) is 126 cm³/mol. The Morgan fingerprint density at radius 2 is 2.00 bits per heavy atom. The first-order valence-corrected chi connectivity index (χ1v) is 11.6. The second-order valence-electron chi connectivity index (χ2n) is 8.69. The van der Waals surface area contributed by atoms with Gasteiger partial charge in [-0.25, -0.2) is 4.98 Å². The molecule has 0 radical (unpaired) electrons. The Kier molecular flexibility index (Phi) is 6.04. The van der Waals surface area contributed by atoms with E-state index in [4.69, 9.17) is 20.8 Å². The van der Waals surface area contributed by atoms with E-state index >= 15 is 0 Å². The van der Waals surface area contributed by atoms with E-state index in [1.807, 2.05) is 16.7 Å². The van der Waals surface area contributed by atoms with Crippen LogP contribution in [-0.4, -0.2) is 38.6 Å². The molecule has 4 aromatic rings. The van der Waals surface area contributed by atoms with E-state index in [0.717, 1.165) is 6.07 Å². The Morgan fingerprint density at radius 1 is 1.19 bits per heavy atom. The van der Waals surface area contributed by atoms with E-state index in [9.17, 15) is 18.3 Å². The molecule has 7 nitrogen and oxygen atoms in total. The minimum atomic E-state index is -4.63. The number of aromatic nitrogens is 4. The van der Waals surface area contributed by atoms with Crippen LogP contribution in [0.4, 0.5) is 13.2 Å². The fourth-order valence-corrected chi connectivity index (χ4v) is 5.03. The fourth-order valence-electron chi connectivity index (χ4n) is 4.81. The number of aliphatic hydroxyl groups is 1. The van der Waals surface area contributed by atoms with Crippen molar-refractivity contribution < 1.29 is 27.4 Å². The van der Waals surface area contributed by atoms with Gasteiger partial charge in [-0.15, -0.1) is 10.2 Å². The minimum Gasteiger partial charge on any atom is -0.496 e. The Labute approximate surface area is 209 Å². The molecule has 1 atom stereocenters. The number of aryl methyl sites for hydroxylation is 1. The first-order valence-electron chi connectivity index (χ1n) is 11.2. The van der Waals surface area contributed by atoms with E-state index in [0.29, 0.717) is 59.6 Å². The number of rotatable bonds is 5. The van der Waals surface area contributed by atoms with E-state index < -0.39 is 28.8 Å². The number of methoxy groups -OCH3 is 1. The summed E-state index contributed by atoms with van der Waals surface area (Å²) in [5.41, 5.74) is -0.406. The third-order valence-electron chi connectivity index (χ3n) is 6.60. The molecule has 0 saturated heterocycles. The summed E-state index contributed by atoms with van der Waals surface area (Å²) < 4.78 is 53.8. The van der Waals surface area contributed by atoms with Crippen LogP contribution in [0.1, 0.15) is 35.7 Å². The number of fused-ring (bicyclic) bond motifs is 1. The summed E-state index contributed by atoms with van der Waals surface area (Å²) in [6.45, 7) is 1.86. The second kappa shape index (κ2) is 8.94. The van der Waals surface area contributed by atoms with Gasteiger partial charge in [0, 0.05) is 19.0 Å². The molecule has 0 bridgehead atoms. The van der Waals surface area contributed by atoms with E-state index in [-0.39, 0.29) is 5.56 Å². The van der Waals surface area contributed by atoms with Crippen LogP contribution in [0.2, 0.25) is 5.02 Å². The molecule has 0 spiro atoms. The maximum atomic E-state index is 13.6. The summed E-state index contributed by atoms with van der Waals surface area (Å²) in [5.74, 6) is 2.54. The monoisotopic (exact) mass is 518 g/mol. The summed E-state index contributed by atoms with van der Waals surface area (Å²) in [6, 6.07) is 9.18. The fraction of sp³-hybridized carbons (Fsp3) is 0.320. The SMILES string of the molecule is COc1cc(-c2nnc3n2CCCC3(CO)c2ccc(Cl)c(C(F)(F)F)c2)ccc1-c1cnc(C)o1. The predicted octanol–water partition coefficient (Wildman–Crippen LogP) is 5.66. The Balaban J connectivity index is 1.61. The van der Waals surface area contributed by atoms with Gasteiger partial charge in [0.2, 0.25) is 0 Å². The third kappa shape index (κ3) is 3.94. The van der Waals surface area contributed by atoms with Crippen LogP contribution in [0.3, 0.4) is 0 Å². The number of hydrogen-bond donors (Lipinski definition) is 1. The van der Waals surface area contributed by atoms with Crippen molar-refractivity contribution in [1.82, 2.24) is 19.7 Å². The Bertz CT molecular complexity index is 1430. The molecule has 3 heterocycles. The summed E-state index contributed by atoms with van der Waals surface area (Å²) in [6.07, 6.45) is -2.00. The van der Waals surface area contributed by atoms with Crippen molar-refractivity contribution in [3.63, 3.8) is 0 Å². The average molecular weight is 519 g/mol. The van der Waals surface area contributed by atoms with Crippen LogP contribution in [-0.2, 0) is 18.1 Å². The molecule has 0 amide bonds. The largest absolute Gasteiger partial charge is 0.496 e. The van der Waals surface area contributed by atoms with Gasteiger partial charge in [0.25, 0.3) is 0 Å². The molecule has 1 aliphatic rings. The van der Waals surface area contributed by atoms with Crippen molar-refractivity contribution in [1.29, 1.82) is 0 Å². The molecule has 0 saturated carbocycles. The van der Waals surface area contributed by atoms with E-state index in [1.165, 1.54) is 12.1 Å². The number of alkyl halides is 3. The molecule has 36 heavy (non-hydrogen) atoms. The zero-order valence-electron chi connectivity index (χ0n) is 19.4. The van der Waals surface area contributed by atoms with Gasteiger partial charge in [0.15, 0.2) is 17.5 Å². The van der Waals surface area contributed by atoms with Gasteiger partial charge in [-0.1, -0.05) is 23.7 Å².